The highest BCUT2D eigenvalue weighted by Crippen LogP contribution is 2.12. The summed E-state index contributed by atoms with van der Waals surface area (Å²) in [7, 11) is 0. The van der Waals surface area contributed by atoms with Crippen molar-refractivity contribution in [1.29, 1.82) is 0 Å². The summed E-state index contributed by atoms with van der Waals surface area (Å²) in [4.78, 5) is 56.0. The normalized spacial score (nSPS) is 14.4. The van der Waals surface area contributed by atoms with Crippen molar-refractivity contribution in [3.8, 4) is 0 Å². The number of carbonyl (C=O) groups is 4. The molecule has 0 bridgehead atoms. The summed E-state index contributed by atoms with van der Waals surface area (Å²) in [6, 6.07) is 14.7. The molecule has 0 saturated heterocycles. The molecule has 0 aliphatic carbocycles. The molecule has 0 heterocycles. The highest BCUT2D eigenvalue weighted by molar-refractivity contribution is 5.94. The largest absolute Gasteiger partial charge is 0.370 e. The second-order valence-electron chi connectivity index (χ2n) is 10.3. The minimum absolute atomic E-state index is 0.0765. The summed E-state index contributed by atoms with van der Waals surface area (Å²) < 4.78 is 0. The number of guanidine groups is 1. The topological polar surface area (TPSA) is 221 Å². The molecular formula is C30H44N8O4. The molecule has 2 aromatic carbocycles. The molecule has 228 valence electrons. The van der Waals surface area contributed by atoms with Crippen molar-refractivity contribution in [1.82, 2.24) is 16.0 Å². The maximum Gasteiger partial charge on any atom is 0.243 e. The third kappa shape index (κ3) is 11.6. The zero-order valence-electron chi connectivity index (χ0n) is 24.3. The number of carbonyl (C=O) groups excluding carboxylic acids is 4. The van der Waals surface area contributed by atoms with Crippen molar-refractivity contribution in [2.75, 3.05) is 6.54 Å². The summed E-state index contributed by atoms with van der Waals surface area (Å²) in [5, 5.41) is 8.22. The van der Waals surface area contributed by atoms with Gasteiger partial charge in [0.2, 0.25) is 23.6 Å². The van der Waals surface area contributed by atoms with Gasteiger partial charge in [-0.25, -0.2) is 0 Å². The molecule has 2 aromatic rings. The smallest absolute Gasteiger partial charge is 0.243 e. The molecule has 5 atom stereocenters. The highest BCUT2D eigenvalue weighted by Gasteiger charge is 2.32. The standard InChI is InChI=1S/C30H44N8O4/c1-3-19(2)25(29(42)36-23(26(32)39)15-10-16-35-30(33)34)38-28(41)24(18-21-13-8-5-9-14-21)37-27(40)22(31)17-20-11-6-4-7-12-20/h4-9,11-14,19,22-25H,3,10,15-18,31H2,1-2H3,(H2,32,39)(H,36,42)(H,37,40)(H,38,41)(H4,33,34,35)/t19-,22-,23-,24-,25-/m0/s1. The maximum absolute atomic E-state index is 13.6. The van der Waals surface area contributed by atoms with Crippen LogP contribution in [0.4, 0.5) is 0 Å². The van der Waals surface area contributed by atoms with E-state index in [4.69, 9.17) is 22.9 Å². The number of primary amides is 1. The van der Waals surface area contributed by atoms with Crippen LogP contribution in [0, 0.1) is 5.92 Å². The minimum Gasteiger partial charge on any atom is -0.370 e. The molecule has 4 amide bonds. The Morgan fingerprint density at radius 1 is 0.762 bits per heavy atom. The number of benzene rings is 2. The molecule has 2 rings (SSSR count). The average Bonchev–Trinajstić information content (AvgIpc) is 2.97. The fraction of sp³-hybridized carbons (Fsp3) is 0.433. The number of hydrogen-bond donors (Lipinski definition) is 7. The Balaban J connectivity index is 2.19. The van der Waals surface area contributed by atoms with E-state index in [9.17, 15) is 19.2 Å². The molecule has 0 aromatic heterocycles. The zero-order valence-corrected chi connectivity index (χ0v) is 24.3. The lowest BCUT2D eigenvalue weighted by Gasteiger charge is -2.28. The van der Waals surface area contributed by atoms with Crippen LogP contribution in [0.2, 0.25) is 0 Å². The van der Waals surface area contributed by atoms with E-state index in [0.717, 1.165) is 11.1 Å². The van der Waals surface area contributed by atoms with Gasteiger partial charge in [0.25, 0.3) is 0 Å². The van der Waals surface area contributed by atoms with E-state index in [0.29, 0.717) is 19.3 Å². The summed E-state index contributed by atoms with van der Waals surface area (Å²) in [6.45, 7) is 3.95. The van der Waals surface area contributed by atoms with Gasteiger partial charge in [-0.15, -0.1) is 0 Å². The number of nitrogens with two attached hydrogens (primary N) is 4. The van der Waals surface area contributed by atoms with Crippen molar-refractivity contribution in [3.63, 3.8) is 0 Å². The molecule has 0 spiro atoms. The molecule has 0 aliphatic rings. The molecule has 0 aliphatic heterocycles. The van der Waals surface area contributed by atoms with Crippen LogP contribution < -0.4 is 38.9 Å². The third-order valence-electron chi connectivity index (χ3n) is 6.95. The van der Waals surface area contributed by atoms with Crippen LogP contribution in [0.25, 0.3) is 0 Å². The predicted octanol–water partition coefficient (Wildman–Crippen LogP) is -0.161. The SMILES string of the molecule is CC[C@H](C)[C@H](NC(=O)[C@H](Cc1ccccc1)NC(=O)[C@@H](N)Cc1ccccc1)C(=O)N[C@@H](CCCN=C(N)N)C(N)=O. The van der Waals surface area contributed by atoms with Gasteiger partial charge in [0.1, 0.15) is 18.1 Å². The molecule has 0 fully saturated rings. The first-order valence-corrected chi connectivity index (χ1v) is 14.1. The number of aliphatic imine (C=N–C) groups is 1. The molecule has 11 N–H and O–H groups in total. The Kier molecular flexibility index (Phi) is 14.0. The molecule has 0 unspecified atom stereocenters. The van der Waals surface area contributed by atoms with Crippen LogP contribution in [0.15, 0.2) is 65.7 Å². The molecule has 12 heteroatoms. The van der Waals surface area contributed by atoms with Crippen molar-refractivity contribution in [2.24, 2.45) is 33.8 Å². The van der Waals surface area contributed by atoms with E-state index in [1.54, 1.807) is 0 Å². The number of rotatable bonds is 17. The van der Waals surface area contributed by atoms with Crippen LogP contribution in [-0.2, 0) is 32.0 Å². The van der Waals surface area contributed by atoms with Crippen LogP contribution in [0.1, 0.15) is 44.2 Å². The fourth-order valence-electron chi connectivity index (χ4n) is 4.30. The fourth-order valence-corrected chi connectivity index (χ4v) is 4.30. The summed E-state index contributed by atoms with van der Waals surface area (Å²) >= 11 is 0. The summed E-state index contributed by atoms with van der Waals surface area (Å²) in [6.07, 6.45) is 1.65. The molecular weight excluding hydrogens is 536 g/mol. The minimum atomic E-state index is -1.01. The van der Waals surface area contributed by atoms with E-state index in [-0.39, 0.29) is 31.3 Å². The Morgan fingerprint density at radius 3 is 1.83 bits per heavy atom. The maximum atomic E-state index is 13.6. The lowest BCUT2D eigenvalue weighted by molar-refractivity contribution is -0.134. The Morgan fingerprint density at radius 2 is 1.31 bits per heavy atom. The first-order valence-electron chi connectivity index (χ1n) is 14.1. The van der Waals surface area contributed by atoms with Gasteiger partial charge in [-0.1, -0.05) is 80.9 Å². The highest BCUT2D eigenvalue weighted by atomic mass is 16.2. The lowest BCUT2D eigenvalue weighted by atomic mass is 9.96. The van der Waals surface area contributed by atoms with Gasteiger partial charge in [0, 0.05) is 13.0 Å². The number of nitrogens with one attached hydrogen (secondary N) is 3. The van der Waals surface area contributed by atoms with Gasteiger partial charge in [0.15, 0.2) is 5.96 Å². The second kappa shape index (κ2) is 17.4. The van der Waals surface area contributed by atoms with Crippen LogP contribution in [0.5, 0.6) is 0 Å². The number of nitrogens with zero attached hydrogens (tertiary/aromatic N) is 1. The Labute approximate surface area is 247 Å². The predicted molar refractivity (Wildman–Crippen MR) is 163 cm³/mol. The number of hydrogen-bond acceptors (Lipinski definition) is 6. The second-order valence-corrected chi connectivity index (χ2v) is 10.3. The van der Waals surface area contributed by atoms with E-state index < -0.39 is 47.8 Å². The van der Waals surface area contributed by atoms with E-state index in [1.807, 2.05) is 74.5 Å². The van der Waals surface area contributed by atoms with Crippen molar-refractivity contribution < 1.29 is 19.2 Å². The average molecular weight is 581 g/mol. The number of amides is 4. The van der Waals surface area contributed by atoms with Crippen LogP contribution >= 0.6 is 0 Å². The van der Waals surface area contributed by atoms with Gasteiger partial charge >= 0.3 is 0 Å². The zero-order chi connectivity index (χ0) is 31.1. The molecule has 0 saturated carbocycles. The van der Waals surface area contributed by atoms with E-state index >= 15 is 0 Å². The molecule has 42 heavy (non-hydrogen) atoms. The molecule has 12 nitrogen and oxygen atoms in total. The van der Waals surface area contributed by atoms with Gasteiger partial charge < -0.3 is 38.9 Å². The van der Waals surface area contributed by atoms with Gasteiger partial charge in [-0.05, 0) is 36.3 Å². The quantitative estimate of drug-likeness (QED) is 0.0760. The summed E-state index contributed by atoms with van der Waals surface area (Å²) in [5.41, 5.74) is 24.1. The Hall–Kier alpha value is -4.45. The molecule has 0 radical (unpaired) electrons. The van der Waals surface area contributed by atoms with Gasteiger partial charge in [-0.3, -0.25) is 24.2 Å². The lowest BCUT2D eigenvalue weighted by Crippen LogP contribution is -2.59. The van der Waals surface area contributed by atoms with Crippen molar-refractivity contribution in [2.45, 2.75) is 70.1 Å². The van der Waals surface area contributed by atoms with E-state index in [2.05, 4.69) is 20.9 Å². The van der Waals surface area contributed by atoms with Crippen molar-refractivity contribution >= 4 is 29.6 Å². The Bertz CT molecular complexity index is 1190. The van der Waals surface area contributed by atoms with Crippen LogP contribution in [-0.4, -0.2) is 60.3 Å². The van der Waals surface area contributed by atoms with Gasteiger partial charge in [0.05, 0.1) is 6.04 Å². The first-order chi connectivity index (χ1) is 20.0. The van der Waals surface area contributed by atoms with Crippen molar-refractivity contribution in [3.05, 3.63) is 71.8 Å². The van der Waals surface area contributed by atoms with E-state index in [1.165, 1.54) is 0 Å². The van der Waals surface area contributed by atoms with Crippen LogP contribution in [0.3, 0.4) is 0 Å². The first kappa shape index (κ1) is 33.8. The monoisotopic (exact) mass is 580 g/mol. The van der Waals surface area contributed by atoms with Gasteiger partial charge in [-0.2, -0.15) is 0 Å². The summed E-state index contributed by atoms with van der Waals surface area (Å²) in [5.74, 6) is -2.69. The third-order valence-corrected chi connectivity index (χ3v) is 6.95.